The van der Waals surface area contributed by atoms with Gasteiger partial charge in [0.1, 0.15) is 5.75 Å². The Balaban J connectivity index is 2.01. The molecule has 2 rings (SSSR count). The smallest absolute Gasteiger partial charge is 0.418 e. The van der Waals surface area contributed by atoms with Gasteiger partial charge in [-0.3, -0.25) is 4.79 Å². The minimum absolute atomic E-state index is 0.000172. The zero-order valence-corrected chi connectivity index (χ0v) is 11.6. The largest absolute Gasteiger partial charge is 0.497 e. The van der Waals surface area contributed by atoms with Gasteiger partial charge in [0.25, 0.3) is 0 Å². The van der Waals surface area contributed by atoms with Crippen molar-refractivity contribution in [3.05, 3.63) is 23.8 Å². The molecule has 0 saturated heterocycles. The summed E-state index contributed by atoms with van der Waals surface area (Å²) in [6.45, 7) is 0.724. The number of halogens is 3. The summed E-state index contributed by atoms with van der Waals surface area (Å²) < 4.78 is 43.7. The van der Waals surface area contributed by atoms with Crippen LogP contribution < -0.4 is 15.4 Å². The van der Waals surface area contributed by atoms with E-state index in [1.54, 1.807) is 0 Å². The van der Waals surface area contributed by atoms with Gasteiger partial charge in [-0.05, 0) is 43.5 Å². The van der Waals surface area contributed by atoms with Gasteiger partial charge in [0.15, 0.2) is 0 Å². The summed E-state index contributed by atoms with van der Waals surface area (Å²) in [5.41, 5.74) is -1.18. The van der Waals surface area contributed by atoms with Crippen LogP contribution in [0.25, 0.3) is 0 Å². The first-order valence-electron chi connectivity index (χ1n) is 6.66. The van der Waals surface area contributed by atoms with Gasteiger partial charge >= 0.3 is 6.18 Å². The van der Waals surface area contributed by atoms with Crippen molar-refractivity contribution in [2.45, 2.75) is 19.0 Å². The van der Waals surface area contributed by atoms with Crippen molar-refractivity contribution >= 4 is 11.6 Å². The maximum Gasteiger partial charge on any atom is 0.418 e. The Kier molecular flexibility index (Phi) is 4.72. The van der Waals surface area contributed by atoms with Crippen molar-refractivity contribution < 1.29 is 22.7 Å². The quantitative estimate of drug-likeness (QED) is 0.849. The van der Waals surface area contributed by atoms with Crippen molar-refractivity contribution in [3.63, 3.8) is 0 Å². The Morgan fingerprint density at radius 3 is 2.67 bits per heavy atom. The highest BCUT2D eigenvalue weighted by Gasteiger charge is 2.34. The molecular weight excluding hydrogens is 285 g/mol. The third-order valence-corrected chi connectivity index (χ3v) is 3.22. The third kappa shape index (κ3) is 4.63. The predicted molar refractivity (Wildman–Crippen MR) is 72.2 cm³/mol. The van der Waals surface area contributed by atoms with Crippen LogP contribution >= 0.6 is 0 Å². The molecule has 21 heavy (non-hydrogen) atoms. The Hall–Kier alpha value is -1.76. The summed E-state index contributed by atoms with van der Waals surface area (Å²) in [7, 11) is 1.29. The molecule has 1 aliphatic rings. The zero-order chi connectivity index (χ0) is 15.5. The number of amides is 1. The number of anilines is 1. The Bertz CT molecular complexity index is 513. The highest BCUT2D eigenvalue weighted by molar-refractivity contribution is 5.93. The molecule has 1 aromatic carbocycles. The van der Waals surface area contributed by atoms with Gasteiger partial charge in [-0.25, -0.2) is 0 Å². The molecule has 1 amide bonds. The summed E-state index contributed by atoms with van der Waals surface area (Å²) in [6.07, 6.45) is -2.27. The molecule has 0 bridgehead atoms. The van der Waals surface area contributed by atoms with Crippen LogP contribution in [0.15, 0.2) is 18.2 Å². The fourth-order valence-corrected chi connectivity index (χ4v) is 1.90. The van der Waals surface area contributed by atoms with Gasteiger partial charge < -0.3 is 15.4 Å². The van der Waals surface area contributed by atoms with E-state index in [2.05, 4.69) is 10.6 Å². The van der Waals surface area contributed by atoms with Gasteiger partial charge in [-0.1, -0.05) is 0 Å². The number of carbonyl (C=O) groups excluding carboxylic acids is 1. The van der Waals surface area contributed by atoms with Crippen molar-refractivity contribution in [2.75, 3.05) is 25.5 Å². The maximum absolute atomic E-state index is 13.0. The minimum atomic E-state index is -4.56. The van der Waals surface area contributed by atoms with Crippen molar-refractivity contribution in [1.29, 1.82) is 0 Å². The van der Waals surface area contributed by atoms with Crippen LogP contribution in [0.2, 0.25) is 0 Å². The monoisotopic (exact) mass is 302 g/mol. The van der Waals surface area contributed by atoms with E-state index in [9.17, 15) is 18.0 Å². The predicted octanol–water partition coefficient (Wildman–Crippen LogP) is 2.65. The fraction of sp³-hybridized carbons (Fsp3) is 0.500. The van der Waals surface area contributed by atoms with Crippen molar-refractivity contribution in [3.8, 4) is 5.75 Å². The van der Waals surface area contributed by atoms with E-state index in [1.807, 2.05) is 0 Å². The van der Waals surface area contributed by atoms with E-state index in [4.69, 9.17) is 4.74 Å². The SMILES string of the molecule is COc1ccc(NC(=O)CNCC2CC2)c(C(F)(F)F)c1. The van der Waals surface area contributed by atoms with E-state index in [0.29, 0.717) is 5.92 Å². The number of alkyl halides is 3. The lowest BCUT2D eigenvalue weighted by Crippen LogP contribution is -2.30. The molecule has 0 aromatic heterocycles. The molecule has 1 fully saturated rings. The van der Waals surface area contributed by atoms with Crippen LogP contribution in [0.1, 0.15) is 18.4 Å². The van der Waals surface area contributed by atoms with E-state index in [1.165, 1.54) is 19.2 Å². The van der Waals surface area contributed by atoms with Crippen LogP contribution in [0.5, 0.6) is 5.75 Å². The molecule has 0 heterocycles. The number of ether oxygens (including phenoxy) is 1. The van der Waals surface area contributed by atoms with Gasteiger partial charge in [0, 0.05) is 0 Å². The number of hydrogen-bond donors (Lipinski definition) is 2. The Morgan fingerprint density at radius 1 is 1.38 bits per heavy atom. The average molecular weight is 302 g/mol. The van der Waals surface area contributed by atoms with Crippen LogP contribution in [0, 0.1) is 5.92 Å². The summed E-state index contributed by atoms with van der Waals surface area (Å²) in [5, 5.41) is 5.22. The molecule has 2 N–H and O–H groups in total. The fourth-order valence-electron chi connectivity index (χ4n) is 1.90. The molecule has 0 radical (unpaired) electrons. The average Bonchev–Trinajstić information content (AvgIpc) is 3.22. The third-order valence-electron chi connectivity index (χ3n) is 3.22. The van der Waals surface area contributed by atoms with E-state index in [0.717, 1.165) is 25.5 Å². The molecule has 0 atom stereocenters. The van der Waals surface area contributed by atoms with E-state index < -0.39 is 17.6 Å². The molecule has 4 nitrogen and oxygen atoms in total. The molecule has 1 saturated carbocycles. The van der Waals surface area contributed by atoms with E-state index in [-0.39, 0.29) is 18.0 Å². The first-order chi connectivity index (χ1) is 9.90. The van der Waals surface area contributed by atoms with Gasteiger partial charge in [-0.15, -0.1) is 0 Å². The number of nitrogens with one attached hydrogen (secondary N) is 2. The van der Waals surface area contributed by atoms with Crippen LogP contribution in [0.4, 0.5) is 18.9 Å². The number of rotatable bonds is 6. The summed E-state index contributed by atoms with van der Waals surface area (Å²) in [6, 6.07) is 3.44. The van der Waals surface area contributed by atoms with Crippen LogP contribution in [-0.2, 0) is 11.0 Å². The lowest BCUT2D eigenvalue weighted by molar-refractivity contribution is -0.137. The molecule has 0 aliphatic heterocycles. The number of hydrogen-bond acceptors (Lipinski definition) is 3. The van der Waals surface area contributed by atoms with Gasteiger partial charge in [-0.2, -0.15) is 13.2 Å². The number of benzene rings is 1. The molecule has 0 spiro atoms. The normalized spacial score (nSPS) is 14.9. The van der Waals surface area contributed by atoms with Crippen molar-refractivity contribution in [2.24, 2.45) is 5.92 Å². The topological polar surface area (TPSA) is 50.4 Å². The Morgan fingerprint density at radius 2 is 2.10 bits per heavy atom. The lowest BCUT2D eigenvalue weighted by Gasteiger charge is -2.15. The minimum Gasteiger partial charge on any atom is -0.497 e. The van der Waals surface area contributed by atoms with Crippen LogP contribution in [-0.4, -0.2) is 26.1 Å². The molecule has 1 aliphatic carbocycles. The highest BCUT2D eigenvalue weighted by atomic mass is 19.4. The van der Waals surface area contributed by atoms with Gasteiger partial charge in [0.2, 0.25) is 5.91 Å². The van der Waals surface area contributed by atoms with Crippen molar-refractivity contribution in [1.82, 2.24) is 5.32 Å². The second kappa shape index (κ2) is 6.34. The molecule has 7 heteroatoms. The molecule has 116 valence electrons. The van der Waals surface area contributed by atoms with Gasteiger partial charge in [0.05, 0.1) is 24.9 Å². The molecular formula is C14H17F3N2O2. The Labute approximate surface area is 120 Å². The maximum atomic E-state index is 13.0. The first-order valence-corrected chi connectivity index (χ1v) is 6.66. The second-order valence-electron chi connectivity index (χ2n) is 5.03. The summed E-state index contributed by atoms with van der Waals surface area (Å²) in [5.74, 6) is 0.197. The van der Waals surface area contributed by atoms with E-state index >= 15 is 0 Å². The molecule has 0 unspecified atom stereocenters. The summed E-state index contributed by atoms with van der Waals surface area (Å²) >= 11 is 0. The standard InChI is InChI=1S/C14H17F3N2O2/c1-21-10-4-5-12(11(6-10)14(15,16)17)19-13(20)8-18-7-9-2-3-9/h4-6,9,18H,2-3,7-8H2,1H3,(H,19,20). The second-order valence-corrected chi connectivity index (χ2v) is 5.03. The first kappa shape index (κ1) is 15.6. The summed E-state index contributed by atoms with van der Waals surface area (Å²) in [4.78, 5) is 11.7. The lowest BCUT2D eigenvalue weighted by atomic mass is 10.1. The van der Waals surface area contributed by atoms with Crippen LogP contribution in [0.3, 0.4) is 0 Å². The number of carbonyl (C=O) groups is 1. The zero-order valence-electron chi connectivity index (χ0n) is 11.6. The highest BCUT2D eigenvalue weighted by Crippen LogP contribution is 2.37. The molecule has 1 aromatic rings. The number of methoxy groups -OCH3 is 1.